The SMILES string of the molecule is Cc1ccc([P+]2(C)C=CC=C2)cc1. The molecule has 0 bridgehead atoms. The number of aryl methyl sites for hydroxylation is 1. The lowest BCUT2D eigenvalue weighted by Crippen LogP contribution is -2.04. The third-order valence-corrected chi connectivity index (χ3v) is 5.49. The monoisotopic (exact) mass is 189 g/mol. The Labute approximate surface area is 80.3 Å². The summed E-state index contributed by atoms with van der Waals surface area (Å²) in [6.45, 7) is 4.47. The summed E-state index contributed by atoms with van der Waals surface area (Å²) >= 11 is 0. The maximum absolute atomic E-state index is 2.34. The molecule has 0 fully saturated rings. The number of benzene rings is 1. The van der Waals surface area contributed by atoms with Gasteiger partial charge >= 0.3 is 0 Å². The maximum Gasteiger partial charge on any atom is 0.103 e. The minimum absolute atomic E-state index is 1.05. The van der Waals surface area contributed by atoms with Crippen LogP contribution in [-0.2, 0) is 0 Å². The second-order valence-corrected chi connectivity index (χ2v) is 7.07. The van der Waals surface area contributed by atoms with Crippen molar-refractivity contribution in [2.75, 3.05) is 6.66 Å². The Hall–Kier alpha value is -0.870. The molecule has 0 spiro atoms. The van der Waals surface area contributed by atoms with Gasteiger partial charge in [0.25, 0.3) is 0 Å². The molecule has 1 heterocycles. The van der Waals surface area contributed by atoms with Crippen molar-refractivity contribution in [2.24, 2.45) is 0 Å². The van der Waals surface area contributed by atoms with Gasteiger partial charge in [-0.3, -0.25) is 0 Å². The summed E-state index contributed by atoms with van der Waals surface area (Å²) in [5, 5.41) is 1.48. The Morgan fingerprint density at radius 3 is 2.00 bits per heavy atom. The van der Waals surface area contributed by atoms with Gasteiger partial charge in [-0.2, -0.15) is 0 Å². The first-order chi connectivity index (χ1) is 6.21. The van der Waals surface area contributed by atoms with Gasteiger partial charge in [0.1, 0.15) is 5.30 Å². The van der Waals surface area contributed by atoms with Gasteiger partial charge < -0.3 is 0 Å². The van der Waals surface area contributed by atoms with Crippen LogP contribution >= 0.6 is 7.26 Å². The van der Waals surface area contributed by atoms with Crippen molar-refractivity contribution in [1.29, 1.82) is 0 Å². The van der Waals surface area contributed by atoms with Crippen LogP contribution in [0.4, 0.5) is 0 Å². The largest absolute Gasteiger partial charge is 0.103 e. The first kappa shape index (κ1) is 8.72. The van der Waals surface area contributed by atoms with E-state index in [-0.39, 0.29) is 0 Å². The number of hydrogen-bond acceptors (Lipinski definition) is 0. The lowest BCUT2D eigenvalue weighted by Gasteiger charge is -2.11. The zero-order chi connectivity index (χ0) is 9.31. The number of allylic oxidation sites excluding steroid dienone is 2. The van der Waals surface area contributed by atoms with Crippen molar-refractivity contribution in [3.8, 4) is 0 Å². The molecule has 0 radical (unpaired) electrons. The van der Waals surface area contributed by atoms with Crippen molar-refractivity contribution in [3.05, 3.63) is 53.6 Å². The van der Waals surface area contributed by atoms with E-state index in [4.69, 9.17) is 0 Å². The average molecular weight is 189 g/mol. The van der Waals surface area contributed by atoms with Crippen molar-refractivity contribution in [2.45, 2.75) is 6.92 Å². The number of rotatable bonds is 1. The van der Waals surface area contributed by atoms with Gasteiger partial charge in [0.15, 0.2) is 0 Å². The molecular formula is C12H14P+. The van der Waals surface area contributed by atoms with Gasteiger partial charge in [-0.05, 0) is 31.2 Å². The molecule has 0 saturated carbocycles. The average Bonchev–Trinajstić information content (AvgIpc) is 2.54. The topological polar surface area (TPSA) is 0 Å². The maximum atomic E-state index is 2.34. The van der Waals surface area contributed by atoms with Crippen molar-refractivity contribution in [1.82, 2.24) is 0 Å². The molecule has 0 N–H and O–H groups in total. The Kier molecular flexibility index (Phi) is 2.09. The summed E-state index contributed by atoms with van der Waals surface area (Å²) in [7, 11) is -1.05. The zero-order valence-electron chi connectivity index (χ0n) is 8.07. The molecule has 0 atom stereocenters. The van der Waals surface area contributed by atoms with E-state index >= 15 is 0 Å². The van der Waals surface area contributed by atoms with Gasteiger partial charge in [-0.25, -0.2) is 0 Å². The fourth-order valence-electron chi connectivity index (χ4n) is 1.54. The molecule has 1 heteroatoms. The van der Waals surface area contributed by atoms with Crippen molar-refractivity contribution < 1.29 is 0 Å². The van der Waals surface area contributed by atoms with E-state index in [1.165, 1.54) is 10.9 Å². The molecule has 0 saturated heterocycles. The molecular weight excluding hydrogens is 175 g/mol. The predicted molar refractivity (Wildman–Crippen MR) is 61.9 cm³/mol. The normalized spacial score (nSPS) is 18.0. The highest BCUT2D eigenvalue weighted by Crippen LogP contribution is 2.59. The second-order valence-electron chi connectivity index (χ2n) is 3.67. The molecule has 1 aliphatic heterocycles. The van der Waals surface area contributed by atoms with Gasteiger partial charge in [-0.15, -0.1) is 0 Å². The van der Waals surface area contributed by atoms with E-state index in [0.717, 1.165) is 0 Å². The fraction of sp³-hybridized carbons (Fsp3) is 0.167. The molecule has 1 aromatic rings. The Balaban J connectivity index is 2.41. The first-order valence-electron chi connectivity index (χ1n) is 4.51. The highest BCUT2D eigenvalue weighted by atomic mass is 31.2. The molecule has 0 aliphatic carbocycles. The summed E-state index contributed by atoms with van der Waals surface area (Å²) in [4.78, 5) is 0. The van der Waals surface area contributed by atoms with Crippen LogP contribution in [0.2, 0.25) is 0 Å². The van der Waals surface area contributed by atoms with Crippen LogP contribution in [-0.4, -0.2) is 6.66 Å². The van der Waals surface area contributed by atoms with E-state index in [9.17, 15) is 0 Å². The Morgan fingerprint density at radius 2 is 1.46 bits per heavy atom. The Bertz CT molecular complexity index is 345. The zero-order valence-corrected chi connectivity index (χ0v) is 8.96. The quantitative estimate of drug-likeness (QED) is 0.594. The van der Waals surface area contributed by atoms with Crippen LogP contribution in [0.5, 0.6) is 0 Å². The van der Waals surface area contributed by atoms with Gasteiger partial charge in [0.05, 0.1) is 25.6 Å². The van der Waals surface area contributed by atoms with Crippen LogP contribution in [0, 0.1) is 6.92 Å². The van der Waals surface area contributed by atoms with Crippen molar-refractivity contribution in [3.63, 3.8) is 0 Å². The van der Waals surface area contributed by atoms with E-state index in [2.05, 4.69) is 61.6 Å². The molecule has 13 heavy (non-hydrogen) atoms. The summed E-state index contributed by atoms with van der Waals surface area (Å²) in [5.74, 6) is 4.69. The van der Waals surface area contributed by atoms with Crippen LogP contribution in [0.15, 0.2) is 48.1 Å². The van der Waals surface area contributed by atoms with E-state index in [1.54, 1.807) is 0 Å². The van der Waals surface area contributed by atoms with Gasteiger partial charge in [0, 0.05) is 0 Å². The molecule has 0 aromatic heterocycles. The summed E-state index contributed by atoms with van der Waals surface area (Å²) < 4.78 is 0. The highest BCUT2D eigenvalue weighted by Gasteiger charge is 2.30. The molecule has 1 aliphatic rings. The van der Waals surface area contributed by atoms with Crippen LogP contribution in [0.1, 0.15) is 5.56 Å². The summed E-state index contributed by atoms with van der Waals surface area (Å²) in [6.07, 6.45) is 4.32. The molecule has 66 valence electrons. The summed E-state index contributed by atoms with van der Waals surface area (Å²) in [6, 6.07) is 8.90. The lowest BCUT2D eigenvalue weighted by atomic mass is 10.2. The van der Waals surface area contributed by atoms with Crippen LogP contribution < -0.4 is 5.30 Å². The predicted octanol–water partition coefficient (Wildman–Crippen LogP) is 3.31. The molecule has 0 unspecified atom stereocenters. The Morgan fingerprint density at radius 1 is 0.923 bits per heavy atom. The minimum atomic E-state index is -1.05. The first-order valence-corrected chi connectivity index (χ1v) is 6.88. The molecule has 0 amide bonds. The standard InChI is InChI=1S/C12H14P/c1-11-5-7-12(8-6-11)13(2)9-3-4-10-13/h3-10H,1-2H3/q+1. The molecule has 2 rings (SSSR count). The van der Waals surface area contributed by atoms with Crippen LogP contribution in [0.3, 0.4) is 0 Å². The van der Waals surface area contributed by atoms with Gasteiger partial charge in [0.2, 0.25) is 0 Å². The van der Waals surface area contributed by atoms with Crippen LogP contribution in [0.25, 0.3) is 0 Å². The minimum Gasteiger partial charge on any atom is -0.0554 e. The third kappa shape index (κ3) is 1.59. The third-order valence-electron chi connectivity index (χ3n) is 2.49. The smallest absolute Gasteiger partial charge is 0.0554 e. The summed E-state index contributed by atoms with van der Waals surface area (Å²) in [5.41, 5.74) is 1.34. The second kappa shape index (κ2) is 3.12. The van der Waals surface area contributed by atoms with E-state index < -0.39 is 7.26 Å². The van der Waals surface area contributed by atoms with E-state index in [1.807, 2.05) is 0 Å². The fourth-order valence-corrected chi connectivity index (χ4v) is 3.69. The highest BCUT2D eigenvalue weighted by molar-refractivity contribution is 7.87. The number of hydrogen-bond donors (Lipinski definition) is 0. The molecule has 1 aromatic carbocycles. The van der Waals surface area contributed by atoms with E-state index in [0.29, 0.717) is 0 Å². The van der Waals surface area contributed by atoms with Gasteiger partial charge in [-0.1, -0.05) is 17.7 Å². The molecule has 0 nitrogen and oxygen atoms in total. The lowest BCUT2D eigenvalue weighted by molar-refractivity contribution is 1.49. The van der Waals surface area contributed by atoms with Crippen molar-refractivity contribution >= 4 is 12.6 Å².